The first-order valence-corrected chi connectivity index (χ1v) is 16.9. The third-order valence-electron chi connectivity index (χ3n) is 9.51. The van der Waals surface area contributed by atoms with Crippen molar-refractivity contribution in [2.45, 2.75) is 124 Å². The minimum absolute atomic E-state index is 0.159. The fourth-order valence-corrected chi connectivity index (χ4v) is 7.11. The number of urea groups is 1. The van der Waals surface area contributed by atoms with E-state index in [1.807, 2.05) is 12.1 Å². The second-order valence-electron chi connectivity index (χ2n) is 15.1. The average molecular weight is 629 g/mol. The highest BCUT2D eigenvalue weighted by atomic mass is 16.7. The normalized spacial score (nSPS) is 14.6. The number of rotatable bonds is 9. The van der Waals surface area contributed by atoms with E-state index in [0.717, 1.165) is 51.6 Å². The molecule has 1 aliphatic rings. The smallest absolute Gasteiger partial charge is 0.316 e. The Morgan fingerprint density at radius 2 is 1.39 bits per heavy atom. The molecule has 4 rings (SSSR count). The fourth-order valence-electron chi connectivity index (χ4n) is 7.11. The van der Waals surface area contributed by atoms with Gasteiger partial charge in [0.2, 0.25) is 0 Å². The number of amides is 2. The molecule has 3 N–H and O–H groups in total. The summed E-state index contributed by atoms with van der Waals surface area (Å²) in [6.45, 7) is 19.8. The second-order valence-corrected chi connectivity index (χ2v) is 15.1. The summed E-state index contributed by atoms with van der Waals surface area (Å²) in [5.74, 6) is 2.93. The van der Waals surface area contributed by atoms with Crippen LogP contribution in [0.2, 0.25) is 0 Å². The first-order valence-electron chi connectivity index (χ1n) is 16.9. The molecule has 1 saturated carbocycles. The Balaban J connectivity index is 1.68. The van der Waals surface area contributed by atoms with Gasteiger partial charge in [-0.25, -0.2) is 4.79 Å². The lowest BCUT2D eigenvalue weighted by molar-refractivity contribution is 0.0484. The highest BCUT2D eigenvalue weighted by Gasteiger charge is 2.29. The van der Waals surface area contributed by atoms with E-state index in [-0.39, 0.29) is 17.6 Å². The number of hydrogen-bond acceptors (Lipinski definition) is 4. The zero-order valence-corrected chi connectivity index (χ0v) is 29.9. The third-order valence-corrected chi connectivity index (χ3v) is 9.51. The topological polar surface area (TPSA) is 82.8 Å². The molecule has 0 heterocycles. The van der Waals surface area contributed by atoms with Crippen molar-refractivity contribution < 1.29 is 19.0 Å². The van der Waals surface area contributed by atoms with Crippen LogP contribution in [0.15, 0.2) is 36.4 Å². The monoisotopic (exact) mass is 628 g/mol. The maximum Gasteiger partial charge on any atom is 0.316 e. The molecule has 0 atom stereocenters. The van der Waals surface area contributed by atoms with E-state index in [2.05, 4.69) is 91.9 Å². The largest absolute Gasteiger partial charge is 0.467 e. The fraction of sp³-hybridized carbons (Fsp3) is 0.525. The lowest BCUT2D eigenvalue weighted by atomic mass is 9.79. The summed E-state index contributed by atoms with van der Waals surface area (Å²) in [5.41, 5.74) is 15.8. The van der Waals surface area contributed by atoms with Crippen molar-refractivity contribution in [1.29, 1.82) is 0 Å². The number of carbonyl (C=O) groups excluding carboxylic acids is 1. The van der Waals surface area contributed by atoms with Gasteiger partial charge in [-0.15, -0.1) is 0 Å². The number of anilines is 1. The molecule has 2 amide bonds. The van der Waals surface area contributed by atoms with E-state index in [0.29, 0.717) is 5.92 Å². The minimum Gasteiger partial charge on any atom is -0.467 e. The molecule has 46 heavy (non-hydrogen) atoms. The molecule has 3 aromatic carbocycles. The van der Waals surface area contributed by atoms with Crippen LogP contribution in [0, 0.1) is 20.8 Å². The van der Waals surface area contributed by atoms with Crippen molar-refractivity contribution in [3.8, 4) is 17.2 Å². The van der Waals surface area contributed by atoms with Gasteiger partial charge in [0.25, 0.3) is 0 Å². The summed E-state index contributed by atoms with van der Waals surface area (Å²) in [6, 6.07) is 12.1. The number of ether oxygens (including phenoxy) is 3. The van der Waals surface area contributed by atoms with Gasteiger partial charge in [-0.3, -0.25) is 0 Å². The second kappa shape index (κ2) is 14.5. The zero-order valence-electron chi connectivity index (χ0n) is 29.9. The number of nitrogens with two attached hydrogens (primary N) is 1. The molecule has 250 valence electrons. The predicted molar refractivity (Wildman–Crippen MR) is 190 cm³/mol. The first kappa shape index (κ1) is 35.3. The van der Waals surface area contributed by atoms with Crippen molar-refractivity contribution in [3.63, 3.8) is 0 Å². The Hall–Kier alpha value is -3.51. The zero-order chi connectivity index (χ0) is 33.8. The minimum atomic E-state index is -0.517. The van der Waals surface area contributed by atoms with Crippen LogP contribution in [0.5, 0.6) is 17.2 Å². The highest BCUT2D eigenvalue weighted by Crippen LogP contribution is 2.44. The van der Waals surface area contributed by atoms with Gasteiger partial charge in [-0.2, -0.15) is 0 Å². The van der Waals surface area contributed by atoms with E-state index in [4.69, 9.17) is 19.9 Å². The molecule has 0 radical (unpaired) electrons. The summed E-state index contributed by atoms with van der Waals surface area (Å²) >= 11 is 0. The molecule has 3 aromatic rings. The van der Waals surface area contributed by atoms with Gasteiger partial charge in [0.05, 0.1) is 0 Å². The van der Waals surface area contributed by atoms with Crippen molar-refractivity contribution >= 4 is 11.7 Å². The number of nitrogens with one attached hydrogen (secondary N) is 1. The van der Waals surface area contributed by atoms with Gasteiger partial charge < -0.3 is 25.3 Å². The van der Waals surface area contributed by atoms with Crippen LogP contribution in [0.1, 0.15) is 130 Å². The molecule has 0 aliphatic heterocycles. The van der Waals surface area contributed by atoms with E-state index in [1.54, 1.807) is 7.11 Å². The molecular weight excluding hydrogens is 572 g/mol. The van der Waals surface area contributed by atoms with E-state index in [9.17, 15) is 4.79 Å². The summed E-state index contributed by atoms with van der Waals surface area (Å²) < 4.78 is 17.9. The van der Waals surface area contributed by atoms with Gasteiger partial charge in [0.1, 0.15) is 17.2 Å². The maximum atomic E-state index is 12.1. The summed E-state index contributed by atoms with van der Waals surface area (Å²) in [5, 5.41) is 2.97. The molecule has 6 heteroatoms. The predicted octanol–water partition coefficient (Wildman–Crippen LogP) is 10.5. The number of benzene rings is 3. The van der Waals surface area contributed by atoms with Gasteiger partial charge in [0, 0.05) is 23.9 Å². The Kier molecular flexibility index (Phi) is 11.1. The lowest BCUT2D eigenvalue weighted by Crippen LogP contribution is -2.22. The van der Waals surface area contributed by atoms with E-state index < -0.39 is 6.03 Å². The first-order chi connectivity index (χ1) is 21.6. The summed E-state index contributed by atoms with van der Waals surface area (Å²) in [7, 11) is 1.64. The Morgan fingerprint density at radius 3 is 1.89 bits per heavy atom. The summed E-state index contributed by atoms with van der Waals surface area (Å²) in [4.78, 5) is 12.1. The molecule has 1 aliphatic carbocycles. The molecule has 0 bridgehead atoms. The van der Waals surface area contributed by atoms with Gasteiger partial charge in [-0.05, 0) is 114 Å². The molecule has 0 unspecified atom stereocenters. The lowest BCUT2D eigenvalue weighted by Gasteiger charge is -2.30. The van der Waals surface area contributed by atoms with Crippen LogP contribution < -0.4 is 20.5 Å². The average Bonchev–Trinajstić information content (AvgIpc) is 3.26. The maximum absolute atomic E-state index is 12.1. The van der Waals surface area contributed by atoms with Gasteiger partial charge in [-0.1, -0.05) is 79.4 Å². The quantitative estimate of drug-likeness (QED) is 0.182. The Bertz CT molecular complexity index is 1480. The van der Waals surface area contributed by atoms with Crippen LogP contribution in [0.3, 0.4) is 0 Å². The number of primary amides is 1. The molecular formula is C40H56N2O4. The standard InChI is InChI=1S/C40H56N2O4/c1-25-32(26(2)36(42-38(41)43)27(3)35(25)29-15-13-11-12-14-16-29)21-28-17-19-30(20-18-28)46-31-22-33(39(4,5)6)37(45-24-44-10)34(23-31)40(7,8)9/h17-20,22-23,29H,11-16,21,24H2,1-10H3,(H3,41,42,43). The molecule has 0 spiro atoms. The van der Waals surface area contributed by atoms with Crippen molar-refractivity contribution in [1.82, 2.24) is 0 Å². The molecule has 0 saturated heterocycles. The van der Waals surface area contributed by atoms with E-state index in [1.165, 1.54) is 60.8 Å². The molecule has 0 aromatic heterocycles. The Morgan fingerprint density at radius 1 is 0.826 bits per heavy atom. The number of hydrogen-bond donors (Lipinski definition) is 2. The summed E-state index contributed by atoms with van der Waals surface area (Å²) in [6.07, 6.45) is 8.26. The van der Waals surface area contributed by atoms with E-state index >= 15 is 0 Å². The van der Waals surface area contributed by atoms with Crippen molar-refractivity contribution in [3.05, 3.63) is 80.9 Å². The van der Waals surface area contributed by atoms with Crippen molar-refractivity contribution in [2.24, 2.45) is 5.73 Å². The van der Waals surface area contributed by atoms with Crippen molar-refractivity contribution in [2.75, 3.05) is 19.2 Å². The van der Waals surface area contributed by atoms with Crippen LogP contribution in [-0.2, 0) is 22.0 Å². The van der Waals surface area contributed by atoms with Crippen LogP contribution in [-0.4, -0.2) is 19.9 Å². The highest BCUT2D eigenvalue weighted by molar-refractivity contribution is 5.90. The molecule has 6 nitrogen and oxygen atoms in total. The van der Waals surface area contributed by atoms with Gasteiger partial charge in [0.15, 0.2) is 6.79 Å². The third kappa shape index (κ3) is 8.25. The van der Waals surface area contributed by atoms with Crippen LogP contribution in [0.4, 0.5) is 10.5 Å². The number of methoxy groups -OCH3 is 1. The van der Waals surface area contributed by atoms with Crippen LogP contribution in [0.25, 0.3) is 0 Å². The molecule has 1 fully saturated rings. The SMILES string of the molecule is COCOc1c(C(C)(C)C)cc(Oc2ccc(Cc3c(C)c(NC(N)=O)c(C)c(C4CCCCCC4)c3C)cc2)cc1C(C)(C)C. The van der Waals surface area contributed by atoms with Crippen LogP contribution >= 0.6 is 0 Å². The van der Waals surface area contributed by atoms with Gasteiger partial charge >= 0.3 is 6.03 Å². The number of carbonyl (C=O) groups is 1. The Labute approximate surface area is 277 Å².